The molecular formula is C9H12N4O3. The van der Waals surface area contributed by atoms with Gasteiger partial charge >= 0.3 is 0 Å². The highest BCUT2D eigenvalue weighted by atomic mass is 16.6. The summed E-state index contributed by atoms with van der Waals surface area (Å²) in [6, 6.07) is 0.337. The van der Waals surface area contributed by atoms with E-state index in [9.17, 15) is 14.9 Å². The number of carbonyl (C=O) groups excluding carboxylic acids is 1. The van der Waals surface area contributed by atoms with E-state index in [1.54, 1.807) is 24.0 Å². The van der Waals surface area contributed by atoms with Gasteiger partial charge in [-0.15, -0.1) is 0 Å². The van der Waals surface area contributed by atoms with Gasteiger partial charge in [0, 0.05) is 31.0 Å². The quantitative estimate of drug-likeness (QED) is 0.566. The fourth-order valence-corrected chi connectivity index (χ4v) is 1.97. The normalized spacial score (nSPS) is 25.2. The van der Waals surface area contributed by atoms with Crippen molar-refractivity contribution in [3.8, 4) is 0 Å². The van der Waals surface area contributed by atoms with Crippen LogP contribution in [-0.2, 0) is 11.8 Å². The van der Waals surface area contributed by atoms with Gasteiger partial charge in [0.1, 0.15) is 6.04 Å². The number of hydrogen-bond acceptors (Lipinski definition) is 4. The van der Waals surface area contributed by atoms with Gasteiger partial charge in [-0.1, -0.05) is 0 Å². The standard InChI is InChI=1S/C9H12N4O3/c1-12-6(4-5-10-12)9-7(13(15)16)2-3-8(14)11-9/h4-5,7,9H,2-3H2,1H3,(H,11,14). The van der Waals surface area contributed by atoms with Gasteiger partial charge in [0.2, 0.25) is 11.9 Å². The summed E-state index contributed by atoms with van der Waals surface area (Å²) in [5.74, 6) is -0.149. The molecule has 1 aliphatic heterocycles. The lowest BCUT2D eigenvalue weighted by Gasteiger charge is -2.26. The largest absolute Gasteiger partial charge is 0.341 e. The van der Waals surface area contributed by atoms with Crippen LogP contribution in [-0.4, -0.2) is 26.7 Å². The first-order chi connectivity index (χ1) is 7.59. The molecule has 2 rings (SSSR count). The zero-order valence-corrected chi connectivity index (χ0v) is 8.79. The van der Waals surface area contributed by atoms with Crippen molar-refractivity contribution < 1.29 is 9.72 Å². The summed E-state index contributed by atoms with van der Waals surface area (Å²) in [7, 11) is 1.70. The highest BCUT2D eigenvalue weighted by molar-refractivity contribution is 5.77. The van der Waals surface area contributed by atoms with Gasteiger partial charge in [0.25, 0.3) is 0 Å². The second-order valence-electron chi connectivity index (χ2n) is 3.82. The smallest absolute Gasteiger partial charge is 0.239 e. The van der Waals surface area contributed by atoms with Gasteiger partial charge in [-0.05, 0) is 6.07 Å². The molecule has 1 fully saturated rings. The van der Waals surface area contributed by atoms with Crippen LogP contribution in [0, 0.1) is 10.1 Å². The first-order valence-electron chi connectivity index (χ1n) is 5.00. The Morgan fingerprint density at radius 3 is 3.00 bits per heavy atom. The molecule has 2 unspecified atom stereocenters. The predicted octanol–water partition coefficient (Wildman–Crippen LogP) is 0.0165. The fourth-order valence-electron chi connectivity index (χ4n) is 1.97. The number of piperidine rings is 1. The lowest BCUT2D eigenvalue weighted by molar-refractivity contribution is -0.530. The first kappa shape index (κ1) is 10.6. The van der Waals surface area contributed by atoms with Crippen LogP contribution in [0.4, 0.5) is 0 Å². The molecule has 7 heteroatoms. The van der Waals surface area contributed by atoms with Gasteiger partial charge in [-0.25, -0.2) is 0 Å². The molecule has 2 heterocycles. The highest BCUT2D eigenvalue weighted by Gasteiger charge is 2.39. The molecule has 0 radical (unpaired) electrons. The van der Waals surface area contributed by atoms with Gasteiger partial charge in [0.15, 0.2) is 0 Å². The van der Waals surface area contributed by atoms with E-state index < -0.39 is 12.1 Å². The number of aryl methyl sites for hydroxylation is 1. The number of hydrogen-bond donors (Lipinski definition) is 1. The number of carbonyl (C=O) groups is 1. The van der Waals surface area contributed by atoms with E-state index in [1.165, 1.54) is 0 Å². The number of nitrogens with zero attached hydrogens (tertiary/aromatic N) is 3. The van der Waals surface area contributed by atoms with Crippen molar-refractivity contribution in [2.24, 2.45) is 7.05 Å². The Kier molecular flexibility index (Phi) is 2.59. The Bertz CT molecular complexity index is 428. The predicted molar refractivity (Wildman–Crippen MR) is 54.1 cm³/mol. The maximum absolute atomic E-state index is 11.3. The van der Waals surface area contributed by atoms with Crippen LogP contribution in [0.15, 0.2) is 12.3 Å². The highest BCUT2D eigenvalue weighted by Crippen LogP contribution is 2.25. The number of aromatic nitrogens is 2. The van der Waals surface area contributed by atoms with Crippen molar-refractivity contribution in [3.63, 3.8) is 0 Å². The minimum absolute atomic E-state index is 0.149. The fraction of sp³-hybridized carbons (Fsp3) is 0.556. The van der Waals surface area contributed by atoms with Crippen molar-refractivity contribution in [3.05, 3.63) is 28.1 Å². The number of rotatable bonds is 2. The van der Waals surface area contributed by atoms with Crippen molar-refractivity contribution in [1.82, 2.24) is 15.1 Å². The first-order valence-corrected chi connectivity index (χ1v) is 5.00. The van der Waals surface area contributed by atoms with Crippen LogP contribution in [0.3, 0.4) is 0 Å². The second kappa shape index (κ2) is 3.92. The van der Waals surface area contributed by atoms with Crippen LogP contribution in [0.1, 0.15) is 24.6 Å². The summed E-state index contributed by atoms with van der Waals surface area (Å²) in [5, 5.41) is 17.5. The molecule has 86 valence electrons. The Morgan fingerprint density at radius 2 is 2.44 bits per heavy atom. The molecule has 1 aromatic rings. The lowest BCUT2D eigenvalue weighted by atomic mass is 9.96. The van der Waals surface area contributed by atoms with E-state index in [1.807, 2.05) is 0 Å². The van der Waals surface area contributed by atoms with Crippen molar-refractivity contribution in [1.29, 1.82) is 0 Å². The van der Waals surface area contributed by atoms with E-state index in [0.717, 1.165) is 0 Å². The molecule has 0 bridgehead atoms. The number of nitrogens with one attached hydrogen (secondary N) is 1. The van der Waals surface area contributed by atoms with Gasteiger partial charge in [-0.3, -0.25) is 19.6 Å². The van der Waals surface area contributed by atoms with Gasteiger partial charge < -0.3 is 5.32 Å². The Labute approximate surface area is 91.6 Å². The van der Waals surface area contributed by atoms with Crippen molar-refractivity contribution >= 4 is 5.91 Å². The summed E-state index contributed by atoms with van der Waals surface area (Å²) in [6.07, 6.45) is 2.04. The van der Waals surface area contributed by atoms with Crippen LogP contribution in [0.2, 0.25) is 0 Å². The molecule has 1 saturated heterocycles. The van der Waals surface area contributed by atoms with Crippen LogP contribution < -0.4 is 5.32 Å². The second-order valence-corrected chi connectivity index (χ2v) is 3.82. The minimum atomic E-state index is -0.770. The molecule has 1 aromatic heterocycles. The third kappa shape index (κ3) is 1.75. The molecule has 0 aromatic carbocycles. The van der Waals surface area contributed by atoms with E-state index in [-0.39, 0.29) is 23.7 Å². The van der Waals surface area contributed by atoms with Gasteiger partial charge in [-0.2, -0.15) is 5.10 Å². The topological polar surface area (TPSA) is 90.1 Å². The van der Waals surface area contributed by atoms with E-state index in [4.69, 9.17) is 0 Å². The molecule has 0 saturated carbocycles. The molecule has 0 aliphatic carbocycles. The SMILES string of the molecule is Cn1nccc1C1NC(=O)CCC1[N+](=O)[O-]. The summed E-state index contributed by atoms with van der Waals surface area (Å²) < 4.78 is 1.55. The number of amides is 1. The zero-order chi connectivity index (χ0) is 11.7. The molecule has 16 heavy (non-hydrogen) atoms. The maximum atomic E-state index is 11.3. The number of nitro groups is 1. The Hall–Kier alpha value is -1.92. The average Bonchev–Trinajstić information content (AvgIpc) is 2.63. The summed E-state index contributed by atoms with van der Waals surface area (Å²) in [5.41, 5.74) is 0.662. The molecular weight excluding hydrogens is 212 g/mol. The average molecular weight is 224 g/mol. The van der Waals surface area contributed by atoms with Crippen LogP contribution in [0.25, 0.3) is 0 Å². The van der Waals surface area contributed by atoms with E-state index in [0.29, 0.717) is 5.69 Å². The van der Waals surface area contributed by atoms with E-state index >= 15 is 0 Å². The van der Waals surface area contributed by atoms with Crippen molar-refractivity contribution in [2.75, 3.05) is 0 Å². The lowest BCUT2D eigenvalue weighted by Crippen LogP contribution is -2.45. The minimum Gasteiger partial charge on any atom is -0.341 e. The van der Waals surface area contributed by atoms with E-state index in [2.05, 4.69) is 10.4 Å². The summed E-state index contributed by atoms with van der Waals surface area (Å²) in [6.45, 7) is 0. The molecule has 2 atom stereocenters. The molecule has 1 N–H and O–H groups in total. The molecule has 1 aliphatic rings. The third-order valence-corrected chi connectivity index (χ3v) is 2.82. The molecule has 7 nitrogen and oxygen atoms in total. The Balaban J connectivity index is 2.31. The zero-order valence-electron chi connectivity index (χ0n) is 8.79. The van der Waals surface area contributed by atoms with Crippen LogP contribution in [0.5, 0.6) is 0 Å². The Morgan fingerprint density at radius 1 is 1.69 bits per heavy atom. The van der Waals surface area contributed by atoms with Crippen molar-refractivity contribution in [2.45, 2.75) is 24.9 Å². The summed E-state index contributed by atoms with van der Waals surface area (Å²) in [4.78, 5) is 21.9. The van der Waals surface area contributed by atoms with Crippen LogP contribution >= 0.6 is 0 Å². The summed E-state index contributed by atoms with van der Waals surface area (Å²) >= 11 is 0. The monoisotopic (exact) mass is 224 g/mol. The maximum Gasteiger partial charge on any atom is 0.239 e. The van der Waals surface area contributed by atoms with Gasteiger partial charge in [0.05, 0.1) is 5.69 Å². The molecule has 1 amide bonds. The molecule has 0 spiro atoms. The third-order valence-electron chi connectivity index (χ3n) is 2.82.